The van der Waals surface area contributed by atoms with E-state index in [2.05, 4.69) is 23.0 Å². The SMILES string of the molecule is C[C@H]1C[C@@]2(CCN1Cc1cnn(CCS(C)(=O)=O)c1)OCCc1sc(Cl)cc12. The molecule has 2 aliphatic heterocycles. The molecular formula is C19H26ClN3O3S2. The summed E-state index contributed by atoms with van der Waals surface area (Å²) in [5.74, 6) is 0.111. The molecule has 28 heavy (non-hydrogen) atoms. The number of nitrogens with zero attached hydrogens (tertiary/aromatic N) is 3. The van der Waals surface area contributed by atoms with Crippen LogP contribution in [0.3, 0.4) is 0 Å². The lowest BCUT2D eigenvalue weighted by Crippen LogP contribution is -2.50. The van der Waals surface area contributed by atoms with E-state index in [0.29, 0.717) is 12.6 Å². The van der Waals surface area contributed by atoms with Crippen molar-refractivity contribution in [1.82, 2.24) is 14.7 Å². The lowest BCUT2D eigenvalue weighted by atomic mass is 9.79. The molecule has 0 aromatic carbocycles. The van der Waals surface area contributed by atoms with Crippen LogP contribution >= 0.6 is 22.9 Å². The van der Waals surface area contributed by atoms with Gasteiger partial charge < -0.3 is 4.74 Å². The van der Waals surface area contributed by atoms with E-state index in [1.807, 2.05) is 12.4 Å². The van der Waals surface area contributed by atoms with Crippen molar-refractivity contribution < 1.29 is 13.2 Å². The number of rotatable bonds is 5. The lowest BCUT2D eigenvalue weighted by molar-refractivity contribution is -0.112. The Hall–Kier alpha value is -0.930. The van der Waals surface area contributed by atoms with Crippen LogP contribution in [0.2, 0.25) is 4.34 Å². The van der Waals surface area contributed by atoms with Gasteiger partial charge in [-0.1, -0.05) is 11.6 Å². The molecule has 0 aliphatic carbocycles. The number of hydrogen-bond donors (Lipinski definition) is 0. The summed E-state index contributed by atoms with van der Waals surface area (Å²) < 4.78 is 31.6. The Morgan fingerprint density at radius 2 is 2.29 bits per heavy atom. The molecule has 2 aromatic rings. The molecule has 2 aromatic heterocycles. The third-order valence-electron chi connectivity index (χ3n) is 5.79. The second-order valence-electron chi connectivity index (χ2n) is 8.00. The topological polar surface area (TPSA) is 64.4 Å². The molecule has 4 heterocycles. The lowest BCUT2D eigenvalue weighted by Gasteiger charge is -2.47. The molecule has 0 saturated carbocycles. The van der Waals surface area contributed by atoms with E-state index in [1.54, 1.807) is 16.0 Å². The van der Waals surface area contributed by atoms with Gasteiger partial charge in [0.2, 0.25) is 0 Å². The van der Waals surface area contributed by atoms with Gasteiger partial charge in [0.25, 0.3) is 0 Å². The highest BCUT2D eigenvalue weighted by Gasteiger charge is 2.44. The Morgan fingerprint density at radius 3 is 3.04 bits per heavy atom. The molecule has 1 saturated heterocycles. The molecule has 6 nitrogen and oxygen atoms in total. The van der Waals surface area contributed by atoms with Crippen molar-refractivity contribution in [2.75, 3.05) is 25.2 Å². The average Bonchev–Trinajstić information content (AvgIpc) is 3.22. The fourth-order valence-corrected chi connectivity index (χ4v) is 6.21. The minimum atomic E-state index is -2.98. The second kappa shape index (κ2) is 7.72. The number of likely N-dealkylation sites (tertiary alicyclic amines) is 1. The van der Waals surface area contributed by atoms with E-state index in [-0.39, 0.29) is 11.4 Å². The largest absolute Gasteiger partial charge is 0.370 e. The van der Waals surface area contributed by atoms with Gasteiger partial charge in [-0.2, -0.15) is 5.10 Å². The molecule has 1 fully saturated rings. The first-order valence-electron chi connectivity index (χ1n) is 9.60. The molecule has 0 radical (unpaired) electrons. The summed E-state index contributed by atoms with van der Waals surface area (Å²) in [4.78, 5) is 3.83. The zero-order valence-corrected chi connectivity index (χ0v) is 18.6. The van der Waals surface area contributed by atoms with E-state index in [1.165, 1.54) is 16.7 Å². The van der Waals surface area contributed by atoms with Gasteiger partial charge in [0.05, 0.1) is 35.0 Å². The number of aromatic nitrogens is 2. The van der Waals surface area contributed by atoms with Gasteiger partial charge in [0.1, 0.15) is 9.84 Å². The summed E-state index contributed by atoms with van der Waals surface area (Å²) >= 11 is 7.98. The highest BCUT2D eigenvalue weighted by atomic mass is 35.5. The maximum absolute atomic E-state index is 11.3. The number of fused-ring (bicyclic) bond motifs is 2. The van der Waals surface area contributed by atoms with Crippen molar-refractivity contribution in [2.45, 2.75) is 50.9 Å². The third-order valence-corrected chi connectivity index (χ3v) is 8.04. The first kappa shape index (κ1) is 20.3. The number of aryl methyl sites for hydroxylation is 1. The minimum absolute atomic E-state index is 0.111. The van der Waals surface area contributed by atoms with Crippen LogP contribution in [0.15, 0.2) is 18.5 Å². The Labute approximate surface area is 175 Å². The number of ether oxygens (including phenoxy) is 1. The van der Waals surface area contributed by atoms with Gasteiger partial charge in [-0.15, -0.1) is 11.3 Å². The zero-order chi connectivity index (χ0) is 19.9. The van der Waals surface area contributed by atoms with Crippen LogP contribution in [-0.4, -0.2) is 54.3 Å². The Balaban J connectivity index is 1.41. The first-order valence-corrected chi connectivity index (χ1v) is 12.9. The normalized spacial score (nSPS) is 25.9. The van der Waals surface area contributed by atoms with Crippen molar-refractivity contribution in [2.24, 2.45) is 0 Å². The predicted molar refractivity (Wildman–Crippen MR) is 112 cm³/mol. The molecule has 0 unspecified atom stereocenters. The third kappa shape index (κ3) is 4.31. The Morgan fingerprint density at radius 1 is 1.46 bits per heavy atom. The van der Waals surface area contributed by atoms with Crippen molar-refractivity contribution in [3.8, 4) is 0 Å². The molecule has 2 aliphatic rings. The van der Waals surface area contributed by atoms with Crippen molar-refractivity contribution in [1.29, 1.82) is 0 Å². The van der Waals surface area contributed by atoms with Gasteiger partial charge in [-0.25, -0.2) is 8.42 Å². The van der Waals surface area contributed by atoms with Gasteiger partial charge in [0, 0.05) is 48.4 Å². The van der Waals surface area contributed by atoms with Crippen LogP contribution in [0.4, 0.5) is 0 Å². The fourth-order valence-electron chi connectivity index (χ4n) is 4.35. The number of sulfone groups is 1. The second-order valence-corrected chi connectivity index (χ2v) is 12.0. The molecule has 4 rings (SSSR count). The number of thiophene rings is 1. The summed E-state index contributed by atoms with van der Waals surface area (Å²) in [7, 11) is -2.98. The fraction of sp³-hybridized carbons (Fsp3) is 0.632. The average molecular weight is 444 g/mol. The highest BCUT2D eigenvalue weighted by molar-refractivity contribution is 7.90. The van der Waals surface area contributed by atoms with Gasteiger partial charge in [0.15, 0.2) is 0 Å². The monoisotopic (exact) mass is 443 g/mol. The molecule has 0 amide bonds. The van der Waals surface area contributed by atoms with Crippen LogP contribution in [0, 0.1) is 0 Å². The Kier molecular flexibility index (Phi) is 5.61. The van der Waals surface area contributed by atoms with Gasteiger partial charge in [-0.05, 0) is 31.4 Å². The molecule has 0 N–H and O–H groups in total. The number of piperidine rings is 1. The highest BCUT2D eigenvalue weighted by Crippen LogP contribution is 2.47. The van der Waals surface area contributed by atoms with Gasteiger partial charge >= 0.3 is 0 Å². The summed E-state index contributed by atoms with van der Waals surface area (Å²) in [5.41, 5.74) is 2.21. The van der Waals surface area contributed by atoms with Gasteiger partial charge in [-0.3, -0.25) is 9.58 Å². The Bertz CT molecular complexity index is 956. The van der Waals surface area contributed by atoms with Crippen LogP contribution in [-0.2, 0) is 39.7 Å². The van der Waals surface area contributed by atoms with Crippen LogP contribution in [0.1, 0.15) is 35.8 Å². The maximum atomic E-state index is 11.3. The number of halogens is 1. The summed E-state index contributed by atoms with van der Waals surface area (Å²) in [6.07, 6.45) is 7.92. The zero-order valence-electron chi connectivity index (χ0n) is 16.2. The molecule has 0 bridgehead atoms. The van der Waals surface area contributed by atoms with E-state index in [4.69, 9.17) is 16.3 Å². The quantitative estimate of drug-likeness (QED) is 0.710. The molecular weight excluding hydrogens is 418 g/mol. The number of hydrogen-bond acceptors (Lipinski definition) is 6. The summed E-state index contributed by atoms with van der Waals surface area (Å²) in [5, 5.41) is 4.31. The maximum Gasteiger partial charge on any atom is 0.149 e. The molecule has 1 spiro atoms. The van der Waals surface area contributed by atoms with Crippen molar-refractivity contribution in [3.05, 3.63) is 38.8 Å². The van der Waals surface area contributed by atoms with Crippen molar-refractivity contribution in [3.63, 3.8) is 0 Å². The van der Waals surface area contributed by atoms with Crippen LogP contribution in [0.25, 0.3) is 0 Å². The summed E-state index contributed by atoms with van der Waals surface area (Å²) in [6, 6.07) is 2.48. The first-order chi connectivity index (χ1) is 13.2. The van der Waals surface area contributed by atoms with Crippen molar-refractivity contribution >= 4 is 32.8 Å². The van der Waals surface area contributed by atoms with E-state index in [0.717, 1.165) is 48.9 Å². The predicted octanol–water partition coefficient (Wildman–Crippen LogP) is 3.10. The van der Waals surface area contributed by atoms with E-state index in [9.17, 15) is 8.42 Å². The standard InChI is InChI=1S/C19H26ClN3O3S2/c1-14-10-19(16-9-18(20)27-17(16)3-7-26-19)4-5-22(14)12-15-11-21-23(13-15)6-8-28(2,24)25/h9,11,13-14H,3-8,10,12H2,1-2H3/t14-,19+/m0/s1. The van der Waals surface area contributed by atoms with E-state index >= 15 is 0 Å². The summed E-state index contributed by atoms with van der Waals surface area (Å²) in [6.45, 7) is 5.17. The minimum Gasteiger partial charge on any atom is -0.370 e. The molecule has 2 atom stereocenters. The molecule has 9 heteroatoms. The van der Waals surface area contributed by atoms with E-state index < -0.39 is 9.84 Å². The smallest absolute Gasteiger partial charge is 0.149 e. The van der Waals surface area contributed by atoms with Crippen LogP contribution < -0.4 is 0 Å². The van der Waals surface area contributed by atoms with Crippen LogP contribution in [0.5, 0.6) is 0 Å². The molecule has 154 valence electrons.